The molecule has 4 nitrogen and oxygen atoms in total. The van der Waals surface area contributed by atoms with Gasteiger partial charge < -0.3 is 0 Å². The van der Waals surface area contributed by atoms with Gasteiger partial charge in [0.1, 0.15) is 0 Å². The lowest BCUT2D eigenvalue weighted by Gasteiger charge is -2.30. The lowest BCUT2D eigenvalue weighted by molar-refractivity contribution is 0.0850. The van der Waals surface area contributed by atoms with Crippen molar-refractivity contribution < 1.29 is 9.78 Å². The van der Waals surface area contributed by atoms with Crippen LogP contribution in [-0.2, 0) is 14.5 Å². The molecule has 1 aromatic heterocycles. The summed E-state index contributed by atoms with van der Waals surface area (Å²) >= 11 is 8.19. The number of piperidine rings is 1. The van der Waals surface area contributed by atoms with Crippen LogP contribution >= 0.6 is 23.4 Å². The molecule has 0 amide bonds. The van der Waals surface area contributed by atoms with Crippen LogP contribution in [0.5, 0.6) is 0 Å². The Labute approximate surface area is 168 Å². The Kier molecular flexibility index (Phi) is 3.98. The van der Waals surface area contributed by atoms with Crippen molar-refractivity contribution in [2.75, 3.05) is 13.6 Å². The van der Waals surface area contributed by atoms with Gasteiger partial charge in [-0.25, -0.2) is 0 Å². The number of thioether (sulfide) groups is 1. The Hall–Kier alpha value is -1.37. The first-order valence-electron chi connectivity index (χ1n) is 9.15. The zero-order valence-corrected chi connectivity index (χ0v) is 17.2. The van der Waals surface area contributed by atoms with Crippen molar-refractivity contribution in [1.29, 1.82) is 0 Å². The van der Waals surface area contributed by atoms with Gasteiger partial charge in [0.25, 0.3) is 5.91 Å². The Morgan fingerprint density at radius 1 is 1.22 bits per heavy atom. The molecule has 3 aliphatic heterocycles. The summed E-state index contributed by atoms with van der Waals surface area (Å²) in [5.41, 5.74) is 6.04. The van der Waals surface area contributed by atoms with Gasteiger partial charge >= 0.3 is 0 Å². The summed E-state index contributed by atoms with van der Waals surface area (Å²) in [5, 5.41) is 0.758. The Balaban J connectivity index is 1.79. The number of rotatable bonds is 0. The number of halogens is 1. The minimum Gasteiger partial charge on any atom is -0.256 e. The van der Waals surface area contributed by atoms with Crippen molar-refractivity contribution in [2.24, 2.45) is 0 Å². The third kappa shape index (κ3) is 2.84. The maximum absolute atomic E-state index is 6.35. The molecule has 2 aromatic rings. The second kappa shape index (κ2) is 6.06. The molecule has 140 valence electrons. The number of fused-ring (bicyclic) bond motifs is 2. The molecule has 0 saturated carbocycles. The van der Waals surface area contributed by atoms with Gasteiger partial charge in [-0.1, -0.05) is 29.3 Å². The lowest BCUT2D eigenvalue weighted by Crippen LogP contribution is -2.40. The van der Waals surface area contributed by atoms with Gasteiger partial charge in [-0.05, 0) is 56.6 Å². The van der Waals surface area contributed by atoms with E-state index in [0.29, 0.717) is 0 Å². The zero-order chi connectivity index (χ0) is 18.8. The molecule has 0 radical (unpaired) electrons. The molecule has 0 aliphatic carbocycles. The van der Waals surface area contributed by atoms with Crippen molar-refractivity contribution >= 4 is 28.9 Å². The van der Waals surface area contributed by atoms with Crippen LogP contribution in [0.1, 0.15) is 43.5 Å². The van der Waals surface area contributed by atoms with Gasteiger partial charge in [0.05, 0.1) is 5.69 Å². The molecule has 2 fully saturated rings. The summed E-state index contributed by atoms with van der Waals surface area (Å²) < 4.78 is -0.110. The molecule has 0 atom stereocenters. The van der Waals surface area contributed by atoms with Gasteiger partial charge in [0.2, 0.25) is 0 Å². The highest BCUT2D eigenvalue weighted by Crippen LogP contribution is 2.53. The normalized spacial score (nSPS) is 25.6. The standard InChI is InChI=1S/C21H21ClN2O2S/c1-20(2)16-5-4-9-23-19(16)18(15-7-6-14(22)11-17(15)27-20)13-8-10-24(3)21(12-13)25-26-21/h4-7,9,11H,8,10,12H2,1-3H3. The maximum Gasteiger partial charge on any atom is 0.293 e. The van der Waals surface area contributed by atoms with Gasteiger partial charge in [0, 0.05) is 39.4 Å². The monoisotopic (exact) mass is 400 g/mol. The number of hydrogen-bond donors (Lipinski definition) is 0. The smallest absolute Gasteiger partial charge is 0.256 e. The van der Waals surface area contributed by atoms with Crippen LogP contribution in [0.4, 0.5) is 0 Å². The summed E-state index contributed by atoms with van der Waals surface area (Å²) in [5.74, 6) is -0.600. The van der Waals surface area contributed by atoms with Gasteiger partial charge in [-0.15, -0.1) is 11.8 Å². The van der Waals surface area contributed by atoms with Gasteiger partial charge in [-0.2, -0.15) is 9.78 Å². The number of nitrogens with zero attached hydrogens (tertiary/aromatic N) is 2. The number of hydrogen-bond acceptors (Lipinski definition) is 5. The van der Waals surface area contributed by atoms with E-state index in [1.54, 1.807) is 0 Å². The van der Waals surface area contributed by atoms with E-state index in [9.17, 15) is 0 Å². The first-order valence-corrected chi connectivity index (χ1v) is 10.3. The zero-order valence-electron chi connectivity index (χ0n) is 15.6. The van der Waals surface area contributed by atoms with Crippen LogP contribution in [0.15, 0.2) is 47.0 Å². The summed E-state index contributed by atoms with van der Waals surface area (Å²) in [6.45, 7) is 5.39. The summed E-state index contributed by atoms with van der Waals surface area (Å²) in [4.78, 5) is 18.9. The van der Waals surface area contributed by atoms with Gasteiger partial charge in [0.15, 0.2) is 0 Å². The third-order valence-corrected chi connectivity index (χ3v) is 7.19. The van der Waals surface area contributed by atoms with Crippen molar-refractivity contribution in [1.82, 2.24) is 9.88 Å². The molecule has 0 N–H and O–H groups in total. The summed E-state index contributed by atoms with van der Waals surface area (Å²) in [7, 11) is 2.04. The molecular formula is C21H21ClN2O2S. The molecular weight excluding hydrogens is 380 g/mol. The van der Waals surface area contributed by atoms with Crippen LogP contribution in [-0.4, -0.2) is 29.4 Å². The molecule has 0 bridgehead atoms. The van der Waals surface area contributed by atoms with Gasteiger partial charge in [-0.3, -0.25) is 9.88 Å². The number of aromatic nitrogens is 1. The highest BCUT2D eigenvalue weighted by Gasteiger charge is 2.55. The van der Waals surface area contributed by atoms with Crippen molar-refractivity contribution in [2.45, 2.75) is 42.2 Å². The number of likely N-dealkylation sites (tertiary alicyclic amines) is 1. The Morgan fingerprint density at radius 2 is 2.04 bits per heavy atom. The fourth-order valence-corrected chi connectivity index (χ4v) is 5.63. The number of benzene rings is 1. The molecule has 1 aromatic carbocycles. The van der Waals surface area contributed by atoms with Crippen LogP contribution in [0, 0.1) is 0 Å². The van der Waals surface area contributed by atoms with Crippen molar-refractivity contribution in [3.63, 3.8) is 0 Å². The molecule has 0 unspecified atom stereocenters. The van der Waals surface area contributed by atoms with Crippen molar-refractivity contribution in [3.05, 3.63) is 63.9 Å². The largest absolute Gasteiger partial charge is 0.293 e. The van der Waals surface area contributed by atoms with Crippen LogP contribution < -0.4 is 0 Å². The minimum atomic E-state index is -0.600. The molecule has 3 aliphatic rings. The summed E-state index contributed by atoms with van der Waals surface area (Å²) in [6, 6.07) is 10.4. The first kappa shape index (κ1) is 17.7. The van der Waals surface area contributed by atoms with Crippen LogP contribution in [0.3, 0.4) is 0 Å². The molecule has 27 heavy (non-hydrogen) atoms. The molecule has 2 saturated heterocycles. The fourth-order valence-electron chi connectivity index (χ4n) is 4.11. The summed E-state index contributed by atoms with van der Waals surface area (Å²) in [6.07, 6.45) is 3.57. The van der Waals surface area contributed by atoms with E-state index in [2.05, 4.69) is 36.9 Å². The maximum atomic E-state index is 6.35. The highest BCUT2D eigenvalue weighted by molar-refractivity contribution is 8.00. The van der Waals surface area contributed by atoms with E-state index in [4.69, 9.17) is 26.4 Å². The van der Waals surface area contributed by atoms with E-state index < -0.39 is 5.91 Å². The van der Waals surface area contributed by atoms with E-state index >= 15 is 0 Å². The number of pyridine rings is 1. The molecule has 1 spiro atoms. The quantitative estimate of drug-likeness (QED) is 0.448. The fraction of sp³-hybridized carbons (Fsp3) is 0.381. The third-order valence-electron chi connectivity index (χ3n) is 5.67. The first-order chi connectivity index (χ1) is 12.9. The SMILES string of the molecule is CN1CCC(=C2c3ccc(Cl)cc3SC(C)(C)c3cccnc32)CC12OO2. The predicted molar refractivity (Wildman–Crippen MR) is 107 cm³/mol. The Morgan fingerprint density at radius 3 is 2.81 bits per heavy atom. The second-order valence-corrected chi connectivity index (χ2v) is 9.96. The average molecular weight is 401 g/mol. The second-order valence-electron chi connectivity index (χ2n) is 7.86. The van der Waals surface area contributed by atoms with Crippen LogP contribution in [0.25, 0.3) is 5.57 Å². The Bertz CT molecular complexity index is 968. The van der Waals surface area contributed by atoms with Crippen LogP contribution in [0.2, 0.25) is 5.02 Å². The topological polar surface area (TPSA) is 41.2 Å². The molecule has 5 rings (SSSR count). The minimum absolute atomic E-state index is 0.110. The predicted octanol–water partition coefficient (Wildman–Crippen LogP) is 5.22. The van der Waals surface area contributed by atoms with E-state index in [1.165, 1.54) is 27.2 Å². The average Bonchev–Trinajstić information content (AvgIpc) is 3.41. The molecule has 4 heterocycles. The molecule has 6 heteroatoms. The van der Waals surface area contributed by atoms with E-state index in [-0.39, 0.29) is 4.75 Å². The highest BCUT2D eigenvalue weighted by atomic mass is 35.5. The van der Waals surface area contributed by atoms with E-state index in [1.807, 2.05) is 37.1 Å². The lowest BCUT2D eigenvalue weighted by atomic mass is 9.86. The van der Waals surface area contributed by atoms with E-state index in [0.717, 1.165) is 30.1 Å². The van der Waals surface area contributed by atoms with Crippen molar-refractivity contribution in [3.8, 4) is 0 Å².